The van der Waals surface area contributed by atoms with Gasteiger partial charge >= 0.3 is 5.97 Å². The third-order valence-electron chi connectivity index (χ3n) is 3.36. The number of carboxylic acids is 1. The van der Waals surface area contributed by atoms with Gasteiger partial charge in [-0.3, -0.25) is 10.1 Å². The Bertz CT molecular complexity index is 487. The maximum Gasteiger partial charge on any atom is 0.325 e. The van der Waals surface area contributed by atoms with Crippen LogP contribution in [0.2, 0.25) is 0 Å². The van der Waals surface area contributed by atoms with E-state index in [9.17, 15) is 18.0 Å². The van der Waals surface area contributed by atoms with Gasteiger partial charge in [0.1, 0.15) is 11.9 Å². The molecule has 6 heteroatoms. The number of hydrogen-bond acceptors (Lipinski definition) is 2. The molecular weight excluding hydrogens is 259 g/mol. The van der Waals surface area contributed by atoms with Gasteiger partial charge in [0, 0.05) is 17.7 Å². The van der Waals surface area contributed by atoms with Crippen LogP contribution in [0.1, 0.15) is 37.3 Å². The summed E-state index contributed by atoms with van der Waals surface area (Å²) in [5.74, 6) is -4.95. The molecule has 1 aliphatic rings. The SMILES string of the molecule is O=C(O)C(NC1CCCC1)c1cc(F)c(F)cc1F. The van der Waals surface area contributed by atoms with Crippen LogP contribution in [0.3, 0.4) is 0 Å². The lowest BCUT2D eigenvalue weighted by Gasteiger charge is -2.20. The fourth-order valence-electron chi connectivity index (χ4n) is 2.38. The Morgan fingerprint density at radius 2 is 1.74 bits per heavy atom. The van der Waals surface area contributed by atoms with Crippen LogP contribution < -0.4 is 5.32 Å². The molecule has 1 aromatic rings. The number of carbonyl (C=O) groups is 1. The first-order valence-electron chi connectivity index (χ1n) is 6.12. The lowest BCUT2D eigenvalue weighted by molar-refractivity contribution is -0.140. The van der Waals surface area contributed by atoms with Crippen molar-refractivity contribution in [2.45, 2.75) is 37.8 Å². The van der Waals surface area contributed by atoms with Crippen LogP contribution in [0.15, 0.2) is 12.1 Å². The van der Waals surface area contributed by atoms with Crippen molar-refractivity contribution in [1.82, 2.24) is 5.32 Å². The number of nitrogens with one attached hydrogen (secondary N) is 1. The van der Waals surface area contributed by atoms with Gasteiger partial charge in [-0.15, -0.1) is 0 Å². The van der Waals surface area contributed by atoms with E-state index in [-0.39, 0.29) is 11.6 Å². The normalized spacial score (nSPS) is 17.6. The zero-order valence-corrected chi connectivity index (χ0v) is 10.1. The fraction of sp³-hybridized carbons (Fsp3) is 0.462. The summed E-state index contributed by atoms with van der Waals surface area (Å²) in [5, 5.41) is 11.9. The van der Waals surface area contributed by atoms with Gasteiger partial charge in [-0.2, -0.15) is 0 Å². The molecule has 1 unspecified atom stereocenters. The Morgan fingerprint density at radius 3 is 2.32 bits per heavy atom. The van der Waals surface area contributed by atoms with Gasteiger partial charge in [0.2, 0.25) is 0 Å². The van der Waals surface area contributed by atoms with E-state index in [4.69, 9.17) is 5.11 Å². The molecule has 1 atom stereocenters. The molecule has 0 saturated heterocycles. The monoisotopic (exact) mass is 273 g/mol. The molecular formula is C13H14F3NO2. The number of carboxylic acid groups (broad SMARTS) is 1. The van der Waals surface area contributed by atoms with Gasteiger partial charge in [0.15, 0.2) is 11.6 Å². The van der Waals surface area contributed by atoms with E-state index in [0.717, 1.165) is 25.7 Å². The predicted molar refractivity (Wildman–Crippen MR) is 62.1 cm³/mol. The highest BCUT2D eigenvalue weighted by atomic mass is 19.2. The molecule has 3 nitrogen and oxygen atoms in total. The smallest absolute Gasteiger partial charge is 0.325 e. The molecule has 0 heterocycles. The second-order valence-corrected chi connectivity index (χ2v) is 4.71. The average molecular weight is 273 g/mol. The Morgan fingerprint density at radius 1 is 1.16 bits per heavy atom. The Hall–Kier alpha value is -1.56. The lowest BCUT2D eigenvalue weighted by Crippen LogP contribution is -2.36. The van der Waals surface area contributed by atoms with Crippen molar-refractivity contribution >= 4 is 5.97 Å². The molecule has 0 aromatic heterocycles. The summed E-state index contributed by atoms with van der Waals surface area (Å²) >= 11 is 0. The Balaban J connectivity index is 2.27. The highest BCUT2D eigenvalue weighted by Crippen LogP contribution is 2.25. The van der Waals surface area contributed by atoms with E-state index >= 15 is 0 Å². The maximum atomic E-state index is 13.6. The van der Waals surface area contributed by atoms with E-state index < -0.39 is 29.5 Å². The van der Waals surface area contributed by atoms with Crippen LogP contribution in [0.5, 0.6) is 0 Å². The molecule has 0 radical (unpaired) electrons. The largest absolute Gasteiger partial charge is 0.480 e. The molecule has 1 saturated carbocycles. The number of hydrogen-bond donors (Lipinski definition) is 2. The topological polar surface area (TPSA) is 49.3 Å². The summed E-state index contributed by atoms with van der Waals surface area (Å²) in [6, 6.07) is -0.422. The van der Waals surface area contributed by atoms with E-state index in [1.54, 1.807) is 0 Å². The van der Waals surface area contributed by atoms with E-state index in [0.29, 0.717) is 12.1 Å². The summed E-state index contributed by atoms with van der Waals surface area (Å²) in [5.41, 5.74) is -0.377. The van der Waals surface area contributed by atoms with Gasteiger partial charge in [0.25, 0.3) is 0 Å². The first-order valence-corrected chi connectivity index (χ1v) is 6.12. The molecule has 1 aromatic carbocycles. The standard InChI is InChI=1S/C13H14F3NO2/c14-9-6-11(16)10(15)5-8(9)12(13(18)19)17-7-3-1-2-4-7/h5-7,12,17H,1-4H2,(H,18,19). The average Bonchev–Trinajstić information content (AvgIpc) is 2.84. The highest BCUT2D eigenvalue weighted by molar-refractivity contribution is 5.75. The van der Waals surface area contributed by atoms with E-state index in [1.807, 2.05) is 0 Å². The molecule has 2 N–H and O–H groups in total. The zero-order valence-electron chi connectivity index (χ0n) is 10.1. The molecule has 0 spiro atoms. The van der Waals surface area contributed by atoms with Crippen molar-refractivity contribution in [3.63, 3.8) is 0 Å². The second kappa shape index (κ2) is 5.61. The molecule has 2 rings (SSSR count). The van der Waals surface area contributed by atoms with Crippen molar-refractivity contribution in [2.24, 2.45) is 0 Å². The van der Waals surface area contributed by atoms with Crippen LogP contribution in [0, 0.1) is 17.5 Å². The van der Waals surface area contributed by atoms with Crippen LogP contribution in [-0.4, -0.2) is 17.1 Å². The van der Waals surface area contributed by atoms with Gasteiger partial charge in [-0.25, -0.2) is 13.2 Å². The van der Waals surface area contributed by atoms with Crippen molar-refractivity contribution in [3.05, 3.63) is 35.1 Å². The van der Waals surface area contributed by atoms with Gasteiger partial charge in [-0.05, 0) is 18.9 Å². The number of rotatable bonds is 4. The van der Waals surface area contributed by atoms with Gasteiger partial charge in [-0.1, -0.05) is 12.8 Å². The zero-order chi connectivity index (χ0) is 14.0. The first-order chi connectivity index (χ1) is 8.99. The fourth-order valence-corrected chi connectivity index (χ4v) is 2.38. The minimum atomic E-state index is -1.36. The van der Waals surface area contributed by atoms with E-state index in [1.165, 1.54) is 0 Å². The predicted octanol–water partition coefficient (Wildman–Crippen LogP) is 2.76. The van der Waals surface area contributed by atoms with Gasteiger partial charge < -0.3 is 5.11 Å². The summed E-state index contributed by atoms with van der Waals surface area (Å²) in [7, 11) is 0. The van der Waals surface area contributed by atoms with E-state index in [2.05, 4.69) is 5.32 Å². The Kier molecular flexibility index (Phi) is 4.09. The molecule has 0 bridgehead atoms. The first kappa shape index (κ1) is 13.9. The molecule has 0 aliphatic heterocycles. The number of benzene rings is 1. The van der Waals surface area contributed by atoms with Crippen LogP contribution >= 0.6 is 0 Å². The van der Waals surface area contributed by atoms with Crippen molar-refractivity contribution < 1.29 is 23.1 Å². The number of aliphatic carboxylic acids is 1. The minimum absolute atomic E-state index is 0.0337. The van der Waals surface area contributed by atoms with Crippen LogP contribution in [0.25, 0.3) is 0 Å². The van der Waals surface area contributed by atoms with Crippen molar-refractivity contribution in [1.29, 1.82) is 0 Å². The molecule has 0 amide bonds. The van der Waals surface area contributed by atoms with Crippen LogP contribution in [0.4, 0.5) is 13.2 Å². The molecule has 19 heavy (non-hydrogen) atoms. The third kappa shape index (κ3) is 3.07. The molecule has 1 aliphatic carbocycles. The van der Waals surface area contributed by atoms with Crippen molar-refractivity contribution in [2.75, 3.05) is 0 Å². The quantitative estimate of drug-likeness (QED) is 0.829. The van der Waals surface area contributed by atoms with Gasteiger partial charge in [0.05, 0.1) is 0 Å². The summed E-state index contributed by atoms with van der Waals surface area (Å²) in [4.78, 5) is 11.2. The summed E-state index contributed by atoms with van der Waals surface area (Å²) in [6.07, 6.45) is 3.55. The lowest BCUT2D eigenvalue weighted by atomic mass is 10.0. The molecule has 104 valence electrons. The second-order valence-electron chi connectivity index (χ2n) is 4.71. The molecule has 1 fully saturated rings. The van der Waals surface area contributed by atoms with Crippen LogP contribution in [-0.2, 0) is 4.79 Å². The summed E-state index contributed by atoms with van der Waals surface area (Å²) < 4.78 is 39.6. The number of halogens is 3. The Labute approximate surface area is 108 Å². The maximum absolute atomic E-state index is 13.6. The summed E-state index contributed by atoms with van der Waals surface area (Å²) in [6.45, 7) is 0. The third-order valence-corrected chi connectivity index (χ3v) is 3.36. The minimum Gasteiger partial charge on any atom is -0.480 e. The highest BCUT2D eigenvalue weighted by Gasteiger charge is 2.28. The van der Waals surface area contributed by atoms with Crippen molar-refractivity contribution in [3.8, 4) is 0 Å².